The van der Waals surface area contributed by atoms with Crippen molar-refractivity contribution in [3.63, 3.8) is 0 Å². The summed E-state index contributed by atoms with van der Waals surface area (Å²) < 4.78 is 5.43. The molecule has 0 aliphatic heterocycles. The highest BCUT2D eigenvalue weighted by Crippen LogP contribution is 2.14. The van der Waals surface area contributed by atoms with Gasteiger partial charge < -0.3 is 10.1 Å². The van der Waals surface area contributed by atoms with Crippen molar-refractivity contribution in [1.82, 2.24) is 10.9 Å². The van der Waals surface area contributed by atoms with Crippen molar-refractivity contribution in [2.75, 3.05) is 11.9 Å². The van der Waals surface area contributed by atoms with Gasteiger partial charge in [-0.25, -0.2) is 0 Å². The third-order valence-corrected chi connectivity index (χ3v) is 4.43. The predicted octanol–water partition coefficient (Wildman–Crippen LogP) is 3.34. The second kappa shape index (κ2) is 10.6. The summed E-state index contributed by atoms with van der Waals surface area (Å²) in [5.41, 5.74) is 7.18. The van der Waals surface area contributed by atoms with Gasteiger partial charge in [-0.15, -0.1) is 0 Å². The lowest BCUT2D eigenvalue weighted by atomic mass is 10.1. The summed E-state index contributed by atoms with van der Waals surface area (Å²) in [6.07, 6.45) is 0.869. The van der Waals surface area contributed by atoms with E-state index in [0.717, 1.165) is 12.0 Å². The van der Waals surface area contributed by atoms with Crippen LogP contribution in [0, 0.1) is 0 Å². The Labute approximate surface area is 180 Å². The van der Waals surface area contributed by atoms with Gasteiger partial charge in [-0.2, -0.15) is 0 Å². The first-order valence-electron chi connectivity index (χ1n) is 9.82. The van der Waals surface area contributed by atoms with Crippen molar-refractivity contribution in [2.45, 2.75) is 13.3 Å². The molecule has 3 aromatic carbocycles. The second-order valence-electron chi connectivity index (χ2n) is 6.69. The van der Waals surface area contributed by atoms with E-state index in [2.05, 4.69) is 16.2 Å². The standard InChI is InChI=1S/C24H23N3O4/c1-2-17-7-6-10-21(15-17)31-16-22(28)26-27-24(30)19-11-13-20(14-12-19)25-23(29)18-8-4-3-5-9-18/h3-15H,2,16H2,1H3,(H,25,29)(H,26,28)(H,27,30). The highest BCUT2D eigenvalue weighted by molar-refractivity contribution is 6.04. The summed E-state index contributed by atoms with van der Waals surface area (Å²) >= 11 is 0. The van der Waals surface area contributed by atoms with Crippen molar-refractivity contribution in [3.05, 3.63) is 95.6 Å². The van der Waals surface area contributed by atoms with Gasteiger partial charge in [0.05, 0.1) is 0 Å². The molecule has 3 N–H and O–H groups in total. The third-order valence-electron chi connectivity index (χ3n) is 4.43. The normalized spacial score (nSPS) is 10.1. The van der Waals surface area contributed by atoms with Gasteiger partial charge in [0.25, 0.3) is 17.7 Å². The number of anilines is 1. The Morgan fingerprint density at radius 3 is 2.19 bits per heavy atom. The van der Waals surface area contributed by atoms with Crippen molar-refractivity contribution in [3.8, 4) is 5.75 Å². The zero-order chi connectivity index (χ0) is 22.1. The number of hydrazine groups is 1. The van der Waals surface area contributed by atoms with Crippen molar-refractivity contribution in [2.24, 2.45) is 0 Å². The molecule has 7 nitrogen and oxygen atoms in total. The largest absolute Gasteiger partial charge is 0.484 e. The van der Waals surface area contributed by atoms with Gasteiger partial charge in [0.1, 0.15) is 5.75 Å². The molecule has 0 unspecified atom stereocenters. The van der Waals surface area contributed by atoms with Crippen LogP contribution in [0.4, 0.5) is 5.69 Å². The van der Waals surface area contributed by atoms with Crippen molar-refractivity contribution in [1.29, 1.82) is 0 Å². The summed E-state index contributed by atoms with van der Waals surface area (Å²) in [6, 6.07) is 22.6. The lowest BCUT2D eigenvalue weighted by Gasteiger charge is -2.10. The number of aryl methyl sites for hydroxylation is 1. The van der Waals surface area contributed by atoms with Gasteiger partial charge in [-0.05, 0) is 60.5 Å². The van der Waals surface area contributed by atoms with E-state index in [-0.39, 0.29) is 12.5 Å². The Kier molecular flexibility index (Phi) is 7.37. The summed E-state index contributed by atoms with van der Waals surface area (Å²) in [6.45, 7) is 1.81. The molecule has 0 aliphatic rings. The van der Waals surface area contributed by atoms with Crippen LogP contribution in [0.2, 0.25) is 0 Å². The van der Waals surface area contributed by atoms with Crippen LogP contribution in [-0.2, 0) is 11.2 Å². The first-order valence-corrected chi connectivity index (χ1v) is 9.82. The van der Waals surface area contributed by atoms with E-state index >= 15 is 0 Å². The van der Waals surface area contributed by atoms with E-state index in [1.165, 1.54) is 0 Å². The summed E-state index contributed by atoms with van der Waals surface area (Å²) in [4.78, 5) is 36.3. The van der Waals surface area contributed by atoms with Crippen molar-refractivity contribution < 1.29 is 19.1 Å². The Morgan fingerprint density at radius 2 is 1.48 bits per heavy atom. The molecular formula is C24H23N3O4. The number of hydrogen-bond acceptors (Lipinski definition) is 4. The third kappa shape index (κ3) is 6.43. The number of carbonyl (C=O) groups is 3. The van der Waals surface area contributed by atoms with E-state index in [1.807, 2.05) is 31.2 Å². The highest BCUT2D eigenvalue weighted by atomic mass is 16.5. The average molecular weight is 417 g/mol. The highest BCUT2D eigenvalue weighted by Gasteiger charge is 2.10. The fourth-order valence-corrected chi connectivity index (χ4v) is 2.74. The zero-order valence-electron chi connectivity index (χ0n) is 17.1. The van der Waals surface area contributed by atoms with Crippen molar-refractivity contribution >= 4 is 23.4 Å². The minimum Gasteiger partial charge on any atom is -0.484 e. The molecule has 0 aliphatic carbocycles. The molecule has 0 saturated heterocycles. The van der Waals surface area contributed by atoms with Crippen LogP contribution < -0.4 is 20.9 Å². The van der Waals surface area contributed by atoms with E-state index in [1.54, 1.807) is 54.6 Å². The fraction of sp³-hybridized carbons (Fsp3) is 0.125. The molecule has 0 bridgehead atoms. The second-order valence-corrected chi connectivity index (χ2v) is 6.69. The summed E-state index contributed by atoms with van der Waals surface area (Å²) in [5, 5.41) is 2.76. The number of hydrogen-bond donors (Lipinski definition) is 3. The topological polar surface area (TPSA) is 96.5 Å². The van der Waals surface area contributed by atoms with Crippen LogP contribution in [0.25, 0.3) is 0 Å². The van der Waals surface area contributed by atoms with Crippen LogP contribution in [0.5, 0.6) is 5.75 Å². The number of amides is 3. The quantitative estimate of drug-likeness (QED) is 0.514. The molecule has 0 aromatic heterocycles. The number of benzene rings is 3. The molecule has 0 radical (unpaired) electrons. The van der Waals surface area contributed by atoms with E-state index in [9.17, 15) is 14.4 Å². The Hall–Kier alpha value is -4.13. The zero-order valence-corrected chi connectivity index (χ0v) is 17.1. The fourth-order valence-electron chi connectivity index (χ4n) is 2.74. The van der Waals surface area contributed by atoms with Crippen LogP contribution in [0.15, 0.2) is 78.9 Å². The Balaban J connectivity index is 1.45. The SMILES string of the molecule is CCc1cccc(OCC(=O)NNC(=O)c2ccc(NC(=O)c3ccccc3)cc2)c1. The minimum absolute atomic E-state index is 0.224. The maximum absolute atomic E-state index is 12.2. The number of ether oxygens (including phenoxy) is 1. The molecule has 0 fully saturated rings. The lowest BCUT2D eigenvalue weighted by molar-refractivity contribution is -0.123. The predicted molar refractivity (Wildman–Crippen MR) is 118 cm³/mol. The molecule has 0 atom stereocenters. The molecular weight excluding hydrogens is 394 g/mol. The molecule has 3 rings (SSSR count). The molecule has 0 heterocycles. The van der Waals surface area contributed by atoms with Gasteiger partial charge in [0.15, 0.2) is 6.61 Å². The number of rotatable bonds is 7. The molecule has 158 valence electrons. The first kappa shape index (κ1) is 21.6. The van der Waals surface area contributed by atoms with E-state index in [0.29, 0.717) is 22.6 Å². The minimum atomic E-state index is -0.484. The van der Waals surface area contributed by atoms with Gasteiger partial charge in [0, 0.05) is 16.8 Å². The average Bonchev–Trinajstić information content (AvgIpc) is 2.82. The summed E-state index contributed by atoms with van der Waals surface area (Å²) in [5.74, 6) is -0.618. The molecule has 0 saturated carbocycles. The maximum atomic E-state index is 12.2. The number of nitrogens with one attached hydrogen (secondary N) is 3. The van der Waals surface area contributed by atoms with E-state index < -0.39 is 11.8 Å². The van der Waals surface area contributed by atoms with Crippen LogP contribution in [0.3, 0.4) is 0 Å². The number of carbonyl (C=O) groups excluding carboxylic acids is 3. The Morgan fingerprint density at radius 1 is 0.774 bits per heavy atom. The monoisotopic (exact) mass is 417 g/mol. The Bertz CT molecular complexity index is 1050. The van der Waals surface area contributed by atoms with Gasteiger partial charge >= 0.3 is 0 Å². The van der Waals surface area contributed by atoms with E-state index in [4.69, 9.17) is 4.74 Å². The smallest absolute Gasteiger partial charge is 0.276 e. The molecule has 3 aromatic rings. The molecule has 31 heavy (non-hydrogen) atoms. The maximum Gasteiger partial charge on any atom is 0.276 e. The van der Waals surface area contributed by atoms with Crippen LogP contribution in [-0.4, -0.2) is 24.3 Å². The summed E-state index contributed by atoms with van der Waals surface area (Å²) in [7, 11) is 0. The van der Waals surface area contributed by atoms with Crippen LogP contribution >= 0.6 is 0 Å². The van der Waals surface area contributed by atoms with Gasteiger partial charge in [0.2, 0.25) is 0 Å². The van der Waals surface area contributed by atoms with Crippen LogP contribution in [0.1, 0.15) is 33.2 Å². The molecule has 3 amide bonds. The first-order chi connectivity index (χ1) is 15.0. The van der Waals surface area contributed by atoms with Gasteiger partial charge in [-0.1, -0.05) is 37.3 Å². The molecule has 0 spiro atoms. The molecule has 7 heteroatoms. The lowest BCUT2D eigenvalue weighted by Crippen LogP contribution is -2.43. The van der Waals surface area contributed by atoms with Gasteiger partial charge in [-0.3, -0.25) is 25.2 Å².